The molecule has 0 spiro atoms. The molecule has 0 aliphatic carbocycles. The predicted octanol–water partition coefficient (Wildman–Crippen LogP) is 2.96. The van der Waals surface area contributed by atoms with Crippen LogP contribution in [0.2, 0.25) is 5.02 Å². The SMILES string of the molecule is CC(NCCc1cnc[nH]1)c1cccc(Cl)c1. The molecule has 0 amide bonds. The Morgan fingerprint density at radius 2 is 2.35 bits per heavy atom. The number of rotatable bonds is 5. The van der Waals surface area contributed by atoms with E-state index in [1.165, 1.54) is 5.56 Å². The minimum absolute atomic E-state index is 0.302. The first-order chi connectivity index (χ1) is 8.25. The van der Waals surface area contributed by atoms with Gasteiger partial charge in [0.15, 0.2) is 0 Å². The lowest BCUT2D eigenvalue weighted by atomic mass is 10.1. The van der Waals surface area contributed by atoms with Crippen LogP contribution in [0.25, 0.3) is 0 Å². The van der Waals surface area contributed by atoms with E-state index in [1.54, 1.807) is 6.33 Å². The van der Waals surface area contributed by atoms with E-state index in [0.29, 0.717) is 6.04 Å². The van der Waals surface area contributed by atoms with Gasteiger partial charge in [0.1, 0.15) is 0 Å². The number of aromatic amines is 1. The Bertz CT molecular complexity index is 453. The van der Waals surface area contributed by atoms with Gasteiger partial charge in [-0.05, 0) is 24.6 Å². The summed E-state index contributed by atoms with van der Waals surface area (Å²) in [5.41, 5.74) is 2.36. The molecule has 0 bridgehead atoms. The second kappa shape index (κ2) is 5.84. The van der Waals surface area contributed by atoms with E-state index in [2.05, 4.69) is 28.3 Å². The first-order valence-electron chi connectivity index (χ1n) is 5.72. The van der Waals surface area contributed by atoms with Crippen LogP contribution < -0.4 is 5.32 Å². The van der Waals surface area contributed by atoms with Gasteiger partial charge in [-0.2, -0.15) is 0 Å². The van der Waals surface area contributed by atoms with Crippen molar-refractivity contribution in [2.24, 2.45) is 0 Å². The molecular formula is C13H16ClN3. The molecule has 0 fully saturated rings. The summed E-state index contributed by atoms with van der Waals surface area (Å²) >= 11 is 5.96. The van der Waals surface area contributed by atoms with Gasteiger partial charge in [-0.25, -0.2) is 4.98 Å². The van der Waals surface area contributed by atoms with E-state index in [4.69, 9.17) is 11.6 Å². The van der Waals surface area contributed by atoms with Crippen molar-refractivity contribution in [1.29, 1.82) is 0 Å². The van der Waals surface area contributed by atoms with E-state index in [-0.39, 0.29) is 0 Å². The molecule has 1 atom stereocenters. The Kier molecular flexibility index (Phi) is 4.18. The number of imidazole rings is 1. The van der Waals surface area contributed by atoms with Gasteiger partial charge in [0.2, 0.25) is 0 Å². The molecule has 0 aliphatic heterocycles. The van der Waals surface area contributed by atoms with Crippen molar-refractivity contribution in [3.05, 3.63) is 53.1 Å². The van der Waals surface area contributed by atoms with Gasteiger partial charge in [0.05, 0.1) is 6.33 Å². The lowest BCUT2D eigenvalue weighted by Crippen LogP contribution is -2.21. The molecule has 3 nitrogen and oxygen atoms in total. The van der Waals surface area contributed by atoms with Crippen LogP contribution >= 0.6 is 11.6 Å². The highest BCUT2D eigenvalue weighted by Gasteiger charge is 2.04. The van der Waals surface area contributed by atoms with Crippen LogP contribution in [0.3, 0.4) is 0 Å². The average Bonchev–Trinajstić information content (AvgIpc) is 2.82. The van der Waals surface area contributed by atoms with Crippen LogP contribution in [0, 0.1) is 0 Å². The van der Waals surface area contributed by atoms with Crippen LogP contribution in [-0.2, 0) is 6.42 Å². The van der Waals surface area contributed by atoms with Crippen molar-refractivity contribution < 1.29 is 0 Å². The smallest absolute Gasteiger partial charge is 0.0921 e. The topological polar surface area (TPSA) is 40.7 Å². The molecule has 4 heteroatoms. The van der Waals surface area contributed by atoms with Crippen molar-refractivity contribution in [3.63, 3.8) is 0 Å². The molecule has 2 aromatic rings. The number of hydrogen-bond acceptors (Lipinski definition) is 2. The van der Waals surface area contributed by atoms with Crippen molar-refractivity contribution >= 4 is 11.6 Å². The van der Waals surface area contributed by atoms with Gasteiger partial charge in [0, 0.05) is 35.9 Å². The Morgan fingerprint density at radius 3 is 3.06 bits per heavy atom. The van der Waals surface area contributed by atoms with Crippen molar-refractivity contribution in [2.75, 3.05) is 6.54 Å². The summed E-state index contributed by atoms with van der Waals surface area (Å²) in [6, 6.07) is 8.25. The summed E-state index contributed by atoms with van der Waals surface area (Å²) in [5, 5.41) is 4.24. The molecule has 1 aromatic carbocycles. The Hall–Kier alpha value is -1.32. The molecule has 0 radical (unpaired) electrons. The lowest BCUT2D eigenvalue weighted by Gasteiger charge is -2.14. The monoisotopic (exact) mass is 249 g/mol. The molecule has 1 unspecified atom stereocenters. The summed E-state index contributed by atoms with van der Waals surface area (Å²) < 4.78 is 0. The fourth-order valence-electron chi connectivity index (χ4n) is 1.74. The predicted molar refractivity (Wildman–Crippen MR) is 70.2 cm³/mol. The highest BCUT2D eigenvalue weighted by Crippen LogP contribution is 2.17. The summed E-state index contributed by atoms with van der Waals surface area (Å²) in [7, 11) is 0. The molecule has 2 rings (SSSR count). The van der Waals surface area contributed by atoms with E-state index in [9.17, 15) is 0 Å². The lowest BCUT2D eigenvalue weighted by molar-refractivity contribution is 0.574. The normalized spacial score (nSPS) is 12.6. The van der Waals surface area contributed by atoms with Crippen molar-refractivity contribution in [2.45, 2.75) is 19.4 Å². The van der Waals surface area contributed by atoms with Gasteiger partial charge in [0.25, 0.3) is 0 Å². The van der Waals surface area contributed by atoms with E-state index < -0.39 is 0 Å². The first-order valence-corrected chi connectivity index (χ1v) is 6.09. The average molecular weight is 250 g/mol. The number of benzene rings is 1. The third-order valence-corrected chi connectivity index (χ3v) is 2.98. The number of H-pyrrole nitrogens is 1. The van der Waals surface area contributed by atoms with Gasteiger partial charge in [-0.15, -0.1) is 0 Å². The molecule has 90 valence electrons. The Balaban J connectivity index is 1.83. The van der Waals surface area contributed by atoms with Crippen LogP contribution in [0.1, 0.15) is 24.2 Å². The quantitative estimate of drug-likeness (QED) is 0.855. The van der Waals surface area contributed by atoms with Crippen LogP contribution in [0.5, 0.6) is 0 Å². The maximum absolute atomic E-state index is 5.96. The molecule has 0 saturated carbocycles. The number of nitrogens with one attached hydrogen (secondary N) is 2. The number of halogens is 1. The minimum atomic E-state index is 0.302. The van der Waals surface area contributed by atoms with E-state index in [0.717, 1.165) is 23.7 Å². The third kappa shape index (κ3) is 3.58. The second-order valence-electron chi connectivity index (χ2n) is 4.06. The Morgan fingerprint density at radius 1 is 1.47 bits per heavy atom. The zero-order valence-corrected chi connectivity index (χ0v) is 10.5. The molecule has 2 N–H and O–H groups in total. The highest BCUT2D eigenvalue weighted by molar-refractivity contribution is 6.30. The molecule has 0 saturated heterocycles. The van der Waals surface area contributed by atoms with Gasteiger partial charge < -0.3 is 10.3 Å². The first kappa shape index (κ1) is 12.1. The zero-order valence-electron chi connectivity index (χ0n) is 9.78. The number of hydrogen-bond donors (Lipinski definition) is 2. The molecule has 1 aromatic heterocycles. The summed E-state index contributed by atoms with van der Waals surface area (Å²) in [6.07, 6.45) is 4.51. The maximum Gasteiger partial charge on any atom is 0.0921 e. The van der Waals surface area contributed by atoms with Gasteiger partial charge in [-0.3, -0.25) is 0 Å². The van der Waals surface area contributed by atoms with E-state index in [1.807, 2.05) is 24.4 Å². The van der Waals surface area contributed by atoms with Crippen LogP contribution in [0.15, 0.2) is 36.8 Å². The third-order valence-electron chi connectivity index (χ3n) is 2.75. The van der Waals surface area contributed by atoms with Gasteiger partial charge >= 0.3 is 0 Å². The van der Waals surface area contributed by atoms with Crippen LogP contribution in [0.4, 0.5) is 0 Å². The van der Waals surface area contributed by atoms with Crippen molar-refractivity contribution in [3.8, 4) is 0 Å². The molecule has 1 heterocycles. The molecule has 17 heavy (non-hydrogen) atoms. The number of aromatic nitrogens is 2. The fourth-order valence-corrected chi connectivity index (χ4v) is 1.94. The zero-order chi connectivity index (χ0) is 12.1. The second-order valence-corrected chi connectivity index (χ2v) is 4.49. The Labute approximate surface area is 106 Å². The maximum atomic E-state index is 5.96. The van der Waals surface area contributed by atoms with Crippen LogP contribution in [-0.4, -0.2) is 16.5 Å². The molecular weight excluding hydrogens is 234 g/mol. The summed E-state index contributed by atoms with van der Waals surface area (Å²) in [6.45, 7) is 3.05. The highest BCUT2D eigenvalue weighted by atomic mass is 35.5. The van der Waals surface area contributed by atoms with E-state index >= 15 is 0 Å². The fraction of sp³-hybridized carbons (Fsp3) is 0.308. The minimum Gasteiger partial charge on any atom is -0.348 e. The van der Waals surface area contributed by atoms with Crippen molar-refractivity contribution in [1.82, 2.24) is 15.3 Å². The summed E-state index contributed by atoms with van der Waals surface area (Å²) in [4.78, 5) is 7.08. The molecule has 0 aliphatic rings. The number of nitrogens with zero attached hydrogens (tertiary/aromatic N) is 1. The largest absolute Gasteiger partial charge is 0.348 e. The standard InChI is InChI=1S/C13H16ClN3/c1-10(11-3-2-4-12(14)7-11)16-6-5-13-8-15-9-17-13/h2-4,7-10,16H,5-6H2,1H3,(H,15,17). The van der Waals surface area contributed by atoms with Gasteiger partial charge in [-0.1, -0.05) is 23.7 Å². The summed E-state index contributed by atoms with van der Waals surface area (Å²) in [5.74, 6) is 0.